The molecule has 7 nitrogen and oxygen atoms in total. The van der Waals surface area contributed by atoms with E-state index < -0.39 is 0 Å². The molecule has 3 heterocycles. The number of piperidine rings is 1. The van der Waals surface area contributed by atoms with Crippen LogP contribution in [0, 0.1) is 13.8 Å². The van der Waals surface area contributed by atoms with Crippen LogP contribution in [0.4, 0.5) is 22.2 Å². The number of benzene rings is 1. The summed E-state index contributed by atoms with van der Waals surface area (Å²) < 4.78 is 0. The number of rotatable bonds is 3. The Balaban J connectivity index is 1.39. The molecule has 0 aliphatic carbocycles. The summed E-state index contributed by atoms with van der Waals surface area (Å²) in [5.41, 5.74) is 2.62. The van der Waals surface area contributed by atoms with Gasteiger partial charge in [0.25, 0.3) is 0 Å². The van der Waals surface area contributed by atoms with Crippen molar-refractivity contribution in [1.82, 2.24) is 14.9 Å². The third kappa shape index (κ3) is 4.61. The molecule has 0 bridgehead atoms. The summed E-state index contributed by atoms with van der Waals surface area (Å²) in [6.07, 6.45) is 3.69. The molecule has 0 spiro atoms. The summed E-state index contributed by atoms with van der Waals surface area (Å²) in [6, 6.07) is 7.50. The highest BCUT2D eigenvalue weighted by atomic mass is 35.5. The van der Waals surface area contributed by atoms with Gasteiger partial charge in [0.15, 0.2) is 0 Å². The SMILES string of the molecule is Cc1cc(N2CCN(C(=O)Nc3cccc(Cl)c3C)CC2)nc(N2CCCCC2)n1. The number of anilines is 3. The van der Waals surface area contributed by atoms with E-state index in [9.17, 15) is 4.79 Å². The highest BCUT2D eigenvalue weighted by Crippen LogP contribution is 2.24. The first kappa shape index (κ1) is 20.7. The van der Waals surface area contributed by atoms with Gasteiger partial charge in [-0.05, 0) is 50.8 Å². The molecule has 8 heteroatoms. The van der Waals surface area contributed by atoms with Crippen LogP contribution in [0.2, 0.25) is 5.02 Å². The van der Waals surface area contributed by atoms with Crippen molar-refractivity contribution in [2.24, 2.45) is 0 Å². The van der Waals surface area contributed by atoms with E-state index in [0.29, 0.717) is 18.1 Å². The number of aromatic nitrogens is 2. The minimum atomic E-state index is -0.0899. The fraction of sp³-hybridized carbons (Fsp3) is 0.500. The largest absolute Gasteiger partial charge is 0.353 e. The Morgan fingerprint density at radius 2 is 1.70 bits per heavy atom. The first-order valence-corrected chi connectivity index (χ1v) is 11.1. The summed E-state index contributed by atoms with van der Waals surface area (Å²) in [6.45, 7) is 8.78. The number of hydrogen-bond donors (Lipinski definition) is 1. The van der Waals surface area contributed by atoms with Gasteiger partial charge in [0, 0.05) is 61.7 Å². The van der Waals surface area contributed by atoms with E-state index in [1.165, 1.54) is 19.3 Å². The molecule has 2 amide bonds. The fourth-order valence-electron chi connectivity index (χ4n) is 4.01. The zero-order chi connectivity index (χ0) is 21.1. The number of nitrogens with one attached hydrogen (secondary N) is 1. The minimum Gasteiger partial charge on any atom is -0.353 e. The molecule has 2 aromatic rings. The van der Waals surface area contributed by atoms with Crippen LogP contribution in [0.15, 0.2) is 24.3 Å². The summed E-state index contributed by atoms with van der Waals surface area (Å²) >= 11 is 6.16. The predicted molar refractivity (Wildman–Crippen MR) is 122 cm³/mol. The van der Waals surface area contributed by atoms with E-state index in [0.717, 1.165) is 54.9 Å². The average Bonchev–Trinajstić information content (AvgIpc) is 2.77. The lowest BCUT2D eigenvalue weighted by Crippen LogP contribution is -2.50. The number of hydrogen-bond acceptors (Lipinski definition) is 5. The summed E-state index contributed by atoms with van der Waals surface area (Å²) in [4.78, 5) is 28.6. The molecule has 1 aromatic carbocycles. The molecule has 1 N–H and O–H groups in total. The lowest BCUT2D eigenvalue weighted by Gasteiger charge is -2.36. The molecule has 1 aromatic heterocycles. The van der Waals surface area contributed by atoms with Crippen molar-refractivity contribution in [3.05, 3.63) is 40.5 Å². The molecule has 2 fully saturated rings. The van der Waals surface area contributed by atoms with E-state index in [2.05, 4.69) is 20.1 Å². The zero-order valence-corrected chi connectivity index (χ0v) is 18.5. The number of carbonyl (C=O) groups is 1. The Labute approximate surface area is 183 Å². The number of halogens is 1. The van der Waals surface area contributed by atoms with Crippen LogP contribution < -0.4 is 15.1 Å². The molecule has 160 valence electrons. The average molecular weight is 429 g/mol. The van der Waals surface area contributed by atoms with Crippen molar-refractivity contribution < 1.29 is 4.79 Å². The number of piperazine rings is 1. The first-order chi connectivity index (χ1) is 14.5. The maximum Gasteiger partial charge on any atom is 0.321 e. The normalized spacial score (nSPS) is 17.2. The molecule has 0 saturated carbocycles. The molecule has 4 rings (SSSR count). The van der Waals surface area contributed by atoms with Crippen molar-refractivity contribution in [2.45, 2.75) is 33.1 Å². The number of nitrogens with zero attached hydrogens (tertiary/aromatic N) is 5. The van der Waals surface area contributed by atoms with E-state index >= 15 is 0 Å². The number of aryl methyl sites for hydroxylation is 1. The van der Waals surface area contributed by atoms with Crippen molar-refractivity contribution in [3.63, 3.8) is 0 Å². The van der Waals surface area contributed by atoms with Gasteiger partial charge >= 0.3 is 6.03 Å². The third-order valence-electron chi connectivity index (χ3n) is 5.87. The van der Waals surface area contributed by atoms with Crippen LogP contribution in [0.1, 0.15) is 30.5 Å². The smallest absolute Gasteiger partial charge is 0.321 e. The van der Waals surface area contributed by atoms with Gasteiger partial charge < -0.3 is 20.0 Å². The van der Waals surface area contributed by atoms with Gasteiger partial charge in [0.05, 0.1) is 0 Å². The van der Waals surface area contributed by atoms with Crippen molar-refractivity contribution in [3.8, 4) is 0 Å². The second kappa shape index (κ2) is 9.08. The second-order valence-electron chi connectivity index (χ2n) is 8.03. The van der Waals surface area contributed by atoms with Gasteiger partial charge in [0.1, 0.15) is 5.82 Å². The molecule has 0 atom stereocenters. The highest BCUT2D eigenvalue weighted by Gasteiger charge is 2.24. The van der Waals surface area contributed by atoms with Crippen LogP contribution in [-0.2, 0) is 0 Å². The Bertz CT molecular complexity index is 906. The quantitative estimate of drug-likeness (QED) is 0.797. The van der Waals surface area contributed by atoms with Crippen LogP contribution in [0.25, 0.3) is 0 Å². The van der Waals surface area contributed by atoms with E-state index in [1.807, 2.05) is 43.0 Å². The summed E-state index contributed by atoms with van der Waals surface area (Å²) in [5, 5.41) is 3.64. The topological polar surface area (TPSA) is 64.6 Å². The van der Waals surface area contributed by atoms with Crippen LogP contribution >= 0.6 is 11.6 Å². The number of amides is 2. The van der Waals surface area contributed by atoms with Gasteiger partial charge in [0.2, 0.25) is 5.95 Å². The molecule has 30 heavy (non-hydrogen) atoms. The standard InChI is InChI=1S/C22H29ClN6O/c1-16-15-20(26-21(24-16)28-9-4-3-5-10-28)27-11-13-29(14-12-27)22(30)25-19-8-6-7-18(23)17(19)2/h6-8,15H,3-5,9-14H2,1-2H3,(H,25,30). The van der Waals surface area contributed by atoms with E-state index in [1.54, 1.807) is 0 Å². The molecular formula is C22H29ClN6O. The predicted octanol–water partition coefficient (Wildman–Crippen LogP) is 4.09. The highest BCUT2D eigenvalue weighted by molar-refractivity contribution is 6.31. The second-order valence-corrected chi connectivity index (χ2v) is 8.44. The van der Waals surface area contributed by atoms with Gasteiger partial charge in [-0.2, -0.15) is 4.98 Å². The number of carbonyl (C=O) groups excluding carboxylic acids is 1. The zero-order valence-electron chi connectivity index (χ0n) is 17.7. The van der Waals surface area contributed by atoms with Crippen molar-refractivity contribution in [1.29, 1.82) is 0 Å². The lowest BCUT2D eigenvalue weighted by molar-refractivity contribution is 0.208. The first-order valence-electron chi connectivity index (χ1n) is 10.7. The molecule has 0 unspecified atom stereocenters. The Morgan fingerprint density at radius 1 is 0.967 bits per heavy atom. The maximum absolute atomic E-state index is 12.7. The number of urea groups is 1. The molecule has 2 aliphatic rings. The van der Waals surface area contributed by atoms with Gasteiger partial charge in [-0.3, -0.25) is 0 Å². The Kier molecular flexibility index (Phi) is 6.27. The van der Waals surface area contributed by atoms with E-state index in [4.69, 9.17) is 16.6 Å². The lowest BCUT2D eigenvalue weighted by atomic mass is 10.1. The van der Waals surface area contributed by atoms with Crippen LogP contribution in [0.3, 0.4) is 0 Å². The molecule has 0 radical (unpaired) electrons. The fourth-order valence-corrected chi connectivity index (χ4v) is 4.18. The molecular weight excluding hydrogens is 400 g/mol. The Morgan fingerprint density at radius 3 is 2.43 bits per heavy atom. The van der Waals surface area contributed by atoms with E-state index in [-0.39, 0.29) is 6.03 Å². The van der Waals surface area contributed by atoms with Crippen molar-refractivity contribution in [2.75, 3.05) is 54.4 Å². The van der Waals surface area contributed by atoms with Crippen LogP contribution in [-0.4, -0.2) is 60.2 Å². The van der Waals surface area contributed by atoms with Gasteiger partial charge in [-0.15, -0.1) is 0 Å². The van der Waals surface area contributed by atoms with Crippen LogP contribution in [0.5, 0.6) is 0 Å². The van der Waals surface area contributed by atoms with Crippen molar-refractivity contribution >= 4 is 35.1 Å². The molecule has 2 aliphatic heterocycles. The molecule has 2 saturated heterocycles. The summed E-state index contributed by atoms with van der Waals surface area (Å²) in [7, 11) is 0. The third-order valence-corrected chi connectivity index (χ3v) is 6.28. The Hall–Kier alpha value is -2.54. The van der Waals surface area contributed by atoms with Gasteiger partial charge in [-0.1, -0.05) is 17.7 Å². The van der Waals surface area contributed by atoms with Gasteiger partial charge in [-0.25, -0.2) is 9.78 Å². The minimum absolute atomic E-state index is 0.0899. The summed E-state index contributed by atoms with van der Waals surface area (Å²) in [5.74, 6) is 1.79. The monoisotopic (exact) mass is 428 g/mol. The maximum atomic E-state index is 12.7.